The summed E-state index contributed by atoms with van der Waals surface area (Å²) in [5.74, 6) is -0.891. The summed E-state index contributed by atoms with van der Waals surface area (Å²) in [5, 5.41) is 32.5. The van der Waals surface area contributed by atoms with Crippen LogP contribution in [0.2, 0.25) is 10.0 Å². The fourth-order valence-corrected chi connectivity index (χ4v) is 6.92. The molecule has 3 N–H and O–H groups in total. The molecule has 8 rings (SSSR count). The van der Waals surface area contributed by atoms with Crippen LogP contribution in [0.15, 0.2) is 121 Å². The highest BCUT2D eigenvalue weighted by Gasteiger charge is 2.34. The van der Waals surface area contributed by atoms with Crippen molar-refractivity contribution < 1.29 is 19.2 Å². The molecule has 0 saturated heterocycles. The predicted molar refractivity (Wildman–Crippen MR) is 235 cm³/mol. The van der Waals surface area contributed by atoms with E-state index < -0.39 is 0 Å². The summed E-state index contributed by atoms with van der Waals surface area (Å²) in [5.41, 5.74) is 11.2. The van der Waals surface area contributed by atoms with Crippen LogP contribution in [0.25, 0.3) is 11.4 Å². The number of fused-ring (bicyclic) bond motifs is 1. The summed E-state index contributed by atoms with van der Waals surface area (Å²) in [6, 6.07) is 38.6. The number of nitrogens with zero attached hydrogens (tertiary/aromatic N) is 7. The van der Waals surface area contributed by atoms with E-state index in [-0.39, 0.29) is 58.3 Å². The Kier molecular flexibility index (Phi) is 12.4. The third-order valence-corrected chi connectivity index (χ3v) is 10.5. The van der Waals surface area contributed by atoms with Gasteiger partial charge in [-0.3, -0.25) is 24.1 Å². The summed E-state index contributed by atoms with van der Waals surface area (Å²) >= 11 is 11.9. The first-order valence-electron chi connectivity index (χ1n) is 19.2. The monoisotopic (exact) mass is 859 g/mol. The van der Waals surface area contributed by atoms with Gasteiger partial charge in [0, 0.05) is 34.3 Å². The molecule has 15 heteroatoms. The third kappa shape index (κ3) is 8.58. The van der Waals surface area contributed by atoms with Gasteiger partial charge >= 0.3 is 0 Å². The zero-order valence-electron chi connectivity index (χ0n) is 33.3. The molecule has 306 valence electrons. The first kappa shape index (κ1) is 42.3. The van der Waals surface area contributed by atoms with Crippen LogP contribution in [-0.2, 0) is 0 Å². The molecule has 0 aliphatic carbocycles. The predicted octanol–water partition coefficient (Wildman–Crippen LogP) is 8.55. The van der Waals surface area contributed by atoms with Crippen LogP contribution < -0.4 is 11.1 Å². The molecule has 0 bridgehead atoms. The maximum atomic E-state index is 13.3. The number of halogens is 2. The number of anilines is 2. The van der Waals surface area contributed by atoms with Crippen molar-refractivity contribution in [2.24, 2.45) is 0 Å². The van der Waals surface area contributed by atoms with E-state index in [1.165, 1.54) is 14.3 Å². The van der Waals surface area contributed by atoms with Crippen LogP contribution in [0.5, 0.6) is 0 Å². The molecular formula is C47H35Cl2N9O4. The van der Waals surface area contributed by atoms with Crippen molar-refractivity contribution in [2.75, 3.05) is 24.1 Å². The first-order chi connectivity index (χ1) is 29.9. The van der Waals surface area contributed by atoms with Gasteiger partial charge in [-0.1, -0.05) is 95.0 Å². The summed E-state index contributed by atoms with van der Waals surface area (Å²) in [6.45, 7) is 4.38. The lowest BCUT2D eigenvalue weighted by molar-refractivity contribution is 0.0653. The number of benzene rings is 5. The van der Waals surface area contributed by atoms with Crippen LogP contribution in [0, 0.1) is 36.5 Å². The topological polar surface area (TPSA) is 193 Å². The van der Waals surface area contributed by atoms with Crippen molar-refractivity contribution in [2.45, 2.75) is 20.3 Å². The second-order valence-electron chi connectivity index (χ2n) is 14.2. The Hall–Kier alpha value is -7.84. The molecule has 13 nitrogen and oxygen atoms in total. The van der Waals surface area contributed by atoms with Gasteiger partial charge in [0.05, 0.1) is 22.5 Å². The largest absolute Gasteiger partial charge is 0.382 e. The number of hydrogen-bond donors (Lipinski definition) is 2. The molecule has 0 fully saturated rings. The van der Waals surface area contributed by atoms with Gasteiger partial charge in [0.15, 0.2) is 11.4 Å². The molecule has 3 heterocycles. The molecule has 0 unspecified atom stereocenters. The first-order valence-corrected chi connectivity index (χ1v) is 19.9. The number of aryl methyl sites for hydroxylation is 2. The molecule has 2 aromatic heterocycles. The standard InChI is InChI=1S/C29H22ClN5O3.C18H13ClN4O/c1-18-7-9-19(10-8-18)26(36)25-24(17-31)27(35(33-25)21-13-11-20(30)12-14-21)32-15-4-16-34-28(37)22-5-2-3-6-23(22)29(34)38;1-11-2-4-12(5-3-11)17(24)16-15(10-20)18(21)23(22-16)14-8-6-13(19)7-9-14/h2-3,5-14,32H,4,15-16H2,1H3;2-9H,21H2,1H3. The van der Waals surface area contributed by atoms with E-state index >= 15 is 0 Å². The number of nitrogens with one attached hydrogen (secondary N) is 1. The van der Waals surface area contributed by atoms with Crippen LogP contribution in [-0.4, -0.2) is 60.9 Å². The number of carbonyl (C=O) groups is 4. The van der Waals surface area contributed by atoms with Crippen molar-refractivity contribution in [1.29, 1.82) is 10.5 Å². The lowest BCUT2D eigenvalue weighted by atomic mass is 10.0. The van der Waals surface area contributed by atoms with E-state index in [0.717, 1.165) is 11.1 Å². The number of rotatable bonds is 11. The quantitative estimate of drug-likeness (QED) is 0.0723. The number of nitriles is 2. The molecular weight excluding hydrogens is 825 g/mol. The maximum Gasteiger partial charge on any atom is 0.261 e. The van der Waals surface area contributed by atoms with Gasteiger partial charge in [0.25, 0.3) is 11.8 Å². The van der Waals surface area contributed by atoms with E-state index in [2.05, 4.69) is 21.6 Å². The van der Waals surface area contributed by atoms with Gasteiger partial charge in [-0.25, -0.2) is 9.36 Å². The normalized spacial score (nSPS) is 11.6. The maximum absolute atomic E-state index is 13.3. The zero-order valence-corrected chi connectivity index (χ0v) is 34.8. The lowest BCUT2D eigenvalue weighted by Gasteiger charge is -2.15. The number of hydrogen-bond acceptors (Lipinski definition) is 10. The molecule has 1 aliphatic rings. The van der Waals surface area contributed by atoms with E-state index in [4.69, 9.17) is 28.9 Å². The highest BCUT2D eigenvalue weighted by molar-refractivity contribution is 6.31. The molecule has 0 saturated carbocycles. The SMILES string of the molecule is Cc1ccc(C(=O)c2nn(-c3ccc(Cl)cc3)c(N)c2C#N)cc1.Cc1ccc(C(=O)c2nn(-c3ccc(Cl)cc3)c(NCCCN3C(=O)c4ccccc4C3=O)c2C#N)cc1. The highest BCUT2D eigenvalue weighted by atomic mass is 35.5. The number of amides is 2. The van der Waals surface area contributed by atoms with Crippen LogP contribution in [0.4, 0.5) is 11.6 Å². The smallest absolute Gasteiger partial charge is 0.261 e. The Morgan fingerprint density at radius 1 is 0.645 bits per heavy atom. The Bertz CT molecular complexity index is 2910. The van der Waals surface area contributed by atoms with E-state index in [1.807, 2.05) is 44.2 Å². The summed E-state index contributed by atoms with van der Waals surface area (Å²) in [6.07, 6.45) is 0.420. The number of nitrogens with two attached hydrogens (primary N) is 1. The van der Waals surface area contributed by atoms with Crippen molar-refractivity contribution in [3.05, 3.63) is 187 Å². The number of nitrogen functional groups attached to an aromatic ring is 1. The minimum absolute atomic E-state index is 0.0224. The van der Waals surface area contributed by atoms with Crippen LogP contribution >= 0.6 is 23.2 Å². The Morgan fingerprint density at radius 3 is 1.55 bits per heavy atom. The third-order valence-electron chi connectivity index (χ3n) is 9.96. The molecule has 7 aromatic rings. The van der Waals surface area contributed by atoms with E-state index in [0.29, 0.717) is 62.5 Å². The molecule has 2 amide bonds. The van der Waals surface area contributed by atoms with E-state index in [1.54, 1.807) is 97.1 Å². The van der Waals surface area contributed by atoms with Gasteiger partial charge < -0.3 is 11.1 Å². The number of aromatic nitrogens is 4. The van der Waals surface area contributed by atoms with Crippen molar-refractivity contribution >= 4 is 58.2 Å². The molecule has 0 spiro atoms. The Labute approximate surface area is 366 Å². The van der Waals surface area contributed by atoms with Crippen molar-refractivity contribution in [3.8, 4) is 23.5 Å². The number of carbonyl (C=O) groups excluding carboxylic acids is 4. The summed E-state index contributed by atoms with van der Waals surface area (Å²) in [4.78, 5) is 52.5. The average molecular weight is 861 g/mol. The fraction of sp³-hybridized carbons (Fsp3) is 0.106. The van der Waals surface area contributed by atoms with Crippen LogP contribution in [0.3, 0.4) is 0 Å². The Balaban J connectivity index is 0.000000207. The van der Waals surface area contributed by atoms with Gasteiger partial charge in [-0.15, -0.1) is 0 Å². The second-order valence-corrected chi connectivity index (χ2v) is 15.0. The summed E-state index contributed by atoms with van der Waals surface area (Å²) < 4.78 is 2.87. The minimum Gasteiger partial charge on any atom is -0.382 e. The van der Waals surface area contributed by atoms with Gasteiger partial charge in [0.2, 0.25) is 11.6 Å². The lowest BCUT2D eigenvalue weighted by Crippen LogP contribution is -2.31. The van der Waals surface area contributed by atoms with Crippen LogP contribution in [0.1, 0.15) is 81.5 Å². The average Bonchev–Trinajstić information content (AvgIpc) is 3.91. The van der Waals surface area contributed by atoms with Gasteiger partial charge in [-0.05, 0) is 80.9 Å². The van der Waals surface area contributed by atoms with Crippen molar-refractivity contribution in [3.63, 3.8) is 0 Å². The zero-order chi connectivity index (χ0) is 44.1. The Morgan fingerprint density at radius 2 is 1.08 bits per heavy atom. The van der Waals surface area contributed by atoms with Crippen molar-refractivity contribution in [1.82, 2.24) is 24.5 Å². The molecule has 5 aromatic carbocycles. The van der Waals surface area contributed by atoms with E-state index in [9.17, 15) is 29.7 Å². The second kappa shape index (κ2) is 18.2. The highest BCUT2D eigenvalue weighted by Crippen LogP contribution is 2.28. The minimum atomic E-state index is -0.372. The molecule has 1 aliphatic heterocycles. The van der Waals surface area contributed by atoms with Gasteiger partial charge in [-0.2, -0.15) is 20.7 Å². The fourth-order valence-electron chi connectivity index (χ4n) is 6.66. The molecule has 62 heavy (non-hydrogen) atoms. The summed E-state index contributed by atoms with van der Waals surface area (Å²) in [7, 11) is 0. The number of ketones is 2. The molecule has 0 atom stereocenters. The number of imide groups is 1. The molecule has 0 radical (unpaired) electrons. The van der Waals surface area contributed by atoms with Gasteiger partial charge in [0.1, 0.15) is 34.9 Å².